The number of thiophene rings is 1. The van der Waals surface area contributed by atoms with Crippen molar-refractivity contribution in [1.29, 1.82) is 0 Å². The first-order chi connectivity index (χ1) is 8.74. The molecule has 0 radical (unpaired) electrons. The van der Waals surface area contributed by atoms with Crippen LogP contribution < -0.4 is 0 Å². The molecule has 2 aromatic heterocycles. The molecule has 3 aromatic rings. The summed E-state index contributed by atoms with van der Waals surface area (Å²) in [6, 6.07) is 6.90. The molecule has 2 heterocycles. The third kappa shape index (κ3) is 1.86. The van der Waals surface area contributed by atoms with Gasteiger partial charge in [-0.15, -0.1) is 21.6 Å². The molecule has 6 heteroatoms. The molecule has 18 heavy (non-hydrogen) atoms. The van der Waals surface area contributed by atoms with Gasteiger partial charge < -0.3 is 9.63 Å². The average molecular weight is 259 g/mol. The van der Waals surface area contributed by atoms with E-state index in [0.29, 0.717) is 11.6 Å². The van der Waals surface area contributed by atoms with Crippen molar-refractivity contribution in [2.75, 3.05) is 0 Å². The minimum Gasteiger partial charge on any atom is -0.507 e. The molecule has 0 fully saturated rings. The Morgan fingerprint density at radius 2 is 2.17 bits per heavy atom. The third-order valence-corrected chi connectivity index (χ3v) is 3.52. The number of aromatic nitrogens is 1. The Morgan fingerprint density at radius 3 is 2.94 bits per heavy atom. The molecule has 0 unspecified atom stereocenters. The Bertz CT molecular complexity index is 716. The lowest BCUT2D eigenvalue weighted by molar-refractivity contribution is 0.427. The Morgan fingerprint density at radius 1 is 1.28 bits per heavy atom. The molecule has 0 saturated carbocycles. The Hall–Kier alpha value is -2.21. The van der Waals surface area contributed by atoms with Crippen LogP contribution in [0.2, 0.25) is 0 Å². The van der Waals surface area contributed by atoms with E-state index in [1.54, 1.807) is 29.5 Å². The number of hydrogen-bond acceptors (Lipinski definition) is 6. The van der Waals surface area contributed by atoms with Gasteiger partial charge in [0.25, 0.3) is 5.88 Å². The summed E-state index contributed by atoms with van der Waals surface area (Å²) in [4.78, 5) is 1.11. The van der Waals surface area contributed by atoms with E-state index >= 15 is 0 Å². The van der Waals surface area contributed by atoms with E-state index in [1.807, 2.05) is 13.0 Å². The normalized spacial score (nSPS) is 11.6. The van der Waals surface area contributed by atoms with Crippen LogP contribution in [-0.2, 0) is 0 Å². The van der Waals surface area contributed by atoms with Gasteiger partial charge in [0, 0.05) is 16.3 Å². The van der Waals surface area contributed by atoms with Crippen LogP contribution >= 0.6 is 11.3 Å². The molecule has 90 valence electrons. The smallest absolute Gasteiger partial charge is 0.269 e. The number of phenols is 1. The number of hydrogen-bond donors (Lipinski definition) is 1. The summed E-state index contributed by atoms with van der Waals surface area (Å²) in [6.45, 7) is 1.99. The van der Waals surface area contributed by atoms with Gasteiger partial charge in [0.2, 0.25) is 0 Å². The number of rotatable bonds is 2. The van der Waals surface area contributed by atoms with Gasteiger partial charge in [-0.1, -0.05) is 5.16 Å². The molecule has 0 spiro atoms. The van der Waals surface area contributed by atoms with Crippen molar-refractivity contribution < 1.29 is 9.63 Å². The zero-order valence-corrected chi connectivity index (χ0v) is 10.3. The van der Waals surface area contributed by atoms with Gasteiger partial charge in [-0.05, 0) is 25.1 Å². The molecule has 1 N–H and O–H groups in total. The number of aromatic hydroxyl groups is 1. The summed E-state index contributed by atoms with van der Waals surface area (Å²) in [5, 5.41) is 22.2. The van der Waals surface area contributed by atoms with Crippen molar-refractivity contribution >= 4 is 33.0 Å². The minimum absolute atomic E-state index is 0.257. The summed E-state index contributed by atoms with van der Waals surface area (Å²) in [6.07, 6.45) is 1.51. The molecule has 0 saturated heterocycles. The molecule has 0 aliphatic carbocycles. The van der Waals surface area contributed by atoms with Crippen LogP contribution in [0, 0.1) is 6.92 Å². The van der Waals surface area contributed by atoms with E-state index in [2.05, 4.69) is 15.4 Å². The fraction of sp³-hybridized carbons (Fsp3) is 0.0833. The van der Waals surface area contributed by atoms with E-state index in [9.17, 15) is 5.11 Å². The first-order valence-electron chi connectivity index (χ1n) is 5.28. The number of aryl methyl sites for hydroxylation is 1. The number of phenolic OH excluding ortho intramolecular Hbond substituents is 1. The summed E-state index contributed by atoms with van der Waals surface area (Å²) in [5.74, 6) is 0.609. The standard InChI is InChI=1S/C12H9N3O2S/c1-7-6-8-10(16)3-2-9(12(8)18-7)14-15-11-4-5-13-17-11/h2-6,16H,1H3/b15-14+. The Kier molecular flexibility index (Phi) is 2.56. The van der Waals surface area contributed by atoms with Crippen molar-refractivity contribution in [3.8, 4) is 5.75 Å². The lowest BCUT2D eigenvalue weighted by atomic mass is 10.2. The second-order valence-corrected chi connectivity index (χ2v) is 5.01. The monoisotopic (exact) mass is 259 g/mol. The highest BCUT2D eigenvalue weighted by Crippen LogP contribution is 2.39. The van der Waals surface area contributed by atoms with Crippen molar-refractivity contribution in [1.82, 2.24) is 5.16 Å². The van der Waals surface area contributed by atoms with Gasteiger partial charge in [-0.25, -0.2) is 0 Å². The van der Waals surface area contributed by atoms with Crippen LogP contribution in [-0.4, -0.2) is 10.3 Å². The quantitative estimate of drug-likeness (QED) is 0.696. The minimum atomic E-state index is 0.257. The highest BCUT2D eigenvalue weighted by Gasteiger charge is 2.08. The molecular weight excluding hydrogens is 250 g/mol. The number of nitrogens with zero attached hydrogens (tertiary/aromatic N) is 3. The first-order valence-corrected chi connectivity index (χ1v) is 6.10. The summed E-state index contributed by atoms with van der Waals surface area (Å²) < 4.78 is 5.75. The summed E-state index contributed by atoms with van der Waals surface area (Å²) >= 11 is 1.57. The largest absolute Gasteiger partial charge is 0.507 e. The Balaban J connectivity index is 2.09. The lowest BCUT2D eigenvalue weighted by Gasteiger charge is -1.97. The number of fused-ring (bicyclic) bond motifs is 1. The van der Waals surface area contributed by atoms with Crippen molar-refractivity contribution in [3.63, 3.8) is 0 Å². The van der Waals surface area contributed by atoms with Crippen molar-refractivity contribution in [3.05, 3.63) is 35.3 Å². The third-order valence-electron chi connectivity index (χ3n) is 2.44. The zero-order valence-electron chi connectivity index (χ0n) is 9.49. The van der Waals surface area contributed by atoms with Crippen LogP contribution in [0.15, 0.2) is 45.2 Å². The fourth-order valence-corrected chi connectivity index (χ4v) is 2.65. The van der Waals surface area contributed by atoms with Crippen LogP contribution in [0.4, 0.5) is 11.6 Å². The number of benzene rings is 1. The van der Waals surface area contributed by atoms with Gasteiger partial charge in [0.1, 0.15) is 11.4 Å². The van der Waals surface area contributed by atoms with Gasteiger partial charge in [0.15, 0.2) is 0 Å². The molecule has 5 nitrogen and oxygen atoms in total. The fourth-order valence-electron chi connectivity index (χ4n) is 1.66. The van der Waals surface area contributed by atoms with Crippen LogP contribution in [0.3, 0.4) is 0 Å². The van der Waals surface area contributed by atoms with E-state index in [-0.39, 0.29) is 5.75 Å². The van der Waals surface area contributed by atoms with E-state index in [0.717, 1.165) is 15.0 Å². The first kappa shape index (κ1) is 10.9. The van der Waals surface area contributed by atoms with Crippen molar-refractivity contribution in [2.24, 2.45) is 10.2 Å². The summed E-state index contributed by atoms with van der Waals surface area (Å²) in [7, 11) is 0. The van der Waals surface area contributed by atoms with Gasteiger partial charge in [-0.2, -0.15) is 0 Å². The predicted octanol–water partition coefficient (Wildman–Crippen LogP) is 4.32. The summed E-state index contributed by atoms with van der Waals surface area (Å²) in [5.41, 5.74) is 0.706. The predicted molar refractivity (Wildman–Crippen MR) is 68.9 cm³/mol. The maximum Gasteiger partial charge on any atom is 0.269 e. The molecule has 0 aliphatic heterocycles. The van der Waals surface area contributed by atoms with Crippen molar-refractivity contribution in [2.45, 2.75) is 6.92 Å². The number of azo groups is 1. The van der Waals surface area contributed by atoms with E-state index in [4.69, 9.17) is 4.52 Å². The SMILES string of the molecule is Cc1cc2c(O)ccc(/N=N/c3ccno3)c2s1. The molecule has 0 aliphatic rings. The Labute approximate surface area is 106 Å². The highest BCUT2D eigenvalue weighted by atomic mass is 32.1. The highest BCUT2D eigenvalue weighted by molar-refractivity contribution is 7.19. The lowest BCUT2D eigenvalue weighted by Crippen LogP contribution is -1.68. The van der Waals surface area contributed by atoms with E-state index < -0.39 is 0 Å². The molecule has 0 bridgehead atoms. The van der Waals surface area contributed by atoms with Gasteiger partial charge >= 0.3 is 0 Å². The molecule has 3 rings (SSSR count). The molecule has 0 atom stereocenters. The maximum atomic E-state index is 9.77. The molecular formula is C12H9N3O2S. The molecule has 0 amide bonds. The zero-order chi connectivity index (χ0) is 12.5. The van der Waals surface area contributed by atoms with Crippen LogP contribution in [0.1, 0.15) is 4.88 Å². The van der Waals surface area contributed by atoms with Crippen LogP contribution in [0.5, 0.6) is 5.75 Å². The van der Waals surface area contributed by atoms with E-state index in [1.165, 1.54) is 6.20 Å². The second-order valence-electron chi connectivity index (χ2n) is 3.75. The topological polar surface area (TPSA) is 71.0 Å². The maximum absolute atomic E-state index is 9.77. The second kappa shape index (κ2) is 4.23. The van der Waals surface area contributed by atoms with Gasteiger partial charge in [0.05, 0.1) is 10.9 Å². The average Bonchev–Trinajstić information content (AvgIpc) is 2.97. The van der Waals surface area contributed by atoms with Crippen LogP contribution in [0.25, 0.3) is 10.1 Å². The van der Waals surface area contributed by atoms with Gasteiger partial charge in [-0.3, -0.25) is 0 Å². The molecule has 1 aromatic carbocycles.